The van der Waals surface area contributed by atoms with Crippen LogP contribution in [0.1, 0.15) is 6.42 Å². The summed E-state index contributed by atoms with van der Waals surface area (Å²) in [7, 11) is 0. The molecule has 1 atom stereocenters. The Kier molecular flexibility index (Phi) is 9.50. The number of hydrogen-bond donors (Lipinski definition) is 2. The molecule has 2 aliphatic heterocycles. The molecule has 3 rings (SSSR count). The van der Waals surface area contributed by atoms with E-state index in [2.05, 4.69) is 15.5 Å². The normalized spacial score (nSPS) is 19.3. The van der Waals surface area contributed by atoms with Crippen LogP contribution in [0, 0.1) is 5.92 Å². The second kappa shape index (κ2) is 10.8. The van der Waals surface area contributed by atoms with E-state index < -0.39 is 0 Å². The van der Waals surface area contributed by atoms with Crippen molar-refractivity contribution in [2.45, 2.75) is 6.42 Å². The third-order valence-corrected chi connectivity index (χ3v) is 4.92. The van der Waals surface area contributed by atoms with Crippen molar-refractivity contribution in [2.75, 3.05) is 50.7 Å². The Morgan fingerprint density at radius 2 is 1.77 bits per heavy atom. The van der Waals surface area contributed by atoms with E-state index in [0.29, 0.717) is 19.6 Å². The minimum absolute atomic E-state index is 0. The topological polar surface area (TPSA) is 64.7 Å². The summed E-state index contributed by atoms with van der Waals surface area (Å²) < 4.78 is 0. The van der Waals surface area contributed by atoms with Crippen molar-refractivity contribution < 1.29 is 9.59 Å². The van der Waals surface area contributed by atoms with Crippen molar-refractivity contribution in [3.63, 3.8) is 0 Å². The number of amides is 2. The quantitative estimate of drug-likeness (QED) is 0.771. The number of carbonyl (C=O) groups is 2. The number of nitrogens with zero attached hydrogens (tertiary/aromatic N) is 2. The van der Waals surface area contributed by atoms with Crippen LogP contribution in [0.25, 0.3) is 0 Å². The summed E-state index contributed by atoms with van der Waals surface area (Å²) in [6.45, 7) is 4.58. The molecule has 1 aromatic rings. The summed E-state index contributed by atoms with van der Waals surface area (Å²) in [6.07, 6.45) is 0.847. The molecule has 6 nitrogen and oxygen atoms in total. The van der Waals surface area contributed by atoms with E-state index in [4.69, 9.17) is 11.6 Å². The summed E-state index contributed by atoms with van der Waals surface area (Å²) in [6, 6.07) is 7.75. The lowest BCUT2D eigenvalue weighted by molar-refractivity contribution is -0.134. The van der Waals surface area contributed by atoms with Crippen molar-refractivity contribution in [2.24, 2.45) is 5.92 Å². The zero-order valence-corrected chi connectivity index (χ0v) is 16.8. The van der Waals surface area contributed by atoms with Gasteiger partial charge in [0.15, 0.2) is 0 Å². The first-order chi connectivity index (χ1) is 11.6. The largest absolute Gasteiger partial charge is 0.368 e. The van der Waals surface area contributed by atoms with Gasteiger partial charge in [-0.15, -0.1) is 24.8 Å². The van der Waals surface area contributed by atoms with Gasteiger partial charge in [-0.25, -0.2) is 0 Å². The Morgan fingerprint density at radius 1 is 1.12 bits per heavy atom. The molecule has 0 saturated carbocycles. The molecular weight excluding hydrogens is 399 g/mol. The van der Waals surface area contributed by atoms with Crippen LogP contribution in [0.15, 0.2) is 24.3 Å². The van der Waals surface area contributed by atoms with Gasteiger partial charge in [0.2, 0.25) is 11.8 Å². The van der Waals surface area contributed by atoms with Crippen LogP contribution in [0.3, 0.4) is 0 Å². The third-order valence-electron chi connectivity index (χ3n) is 4.67. The lowest BCUT2D eigenvalue weighted by atomic mass is 10.1. The van der Waals surface area contributed by atoms with Crippen LogP contribution >= 0.6 is 36.4 Å². The number of benzene rings is 1. The molecule has 0 aliphatic carbocycles. The highest BCUT2D eigenvalue weighted by molar-refractivity contribution is 6.30. The highest BCUT2D eigenvalue weighted by atomic mass is 35.5. The average Bonchev–Trinajstić information content (AvgIpc) is 3.15. The van der Waals surface area contributed by atoms with Gasteiger partial charge >= 0.3 is 0 Å². The second-order valence-corrected chi connectivity index (χ2v) is 6.69. The molecule has 1 aromatic carbocycles. The van der Waals surface area contributed by atoms with Gasteiger partial charge in [0.25, 0.3) is 0 Å². The van der Waals surface area contributed by atoms with Crippen molar-refractivity contribution in [1.82, 2.24) is 15.5 Å². The maximum absolute atomic E-state index is 12.3. The van der Waals surface area contributed by atoms with E-state index in [1.807, 2.05) is 29.2 Å². The monoisotopic (exact) mass is 422 g/mol. The van der Waals surface area contributed by atoms with E-state index >= 15 is 0 Å². The van der Waals surface area contributed by atoms with Crippen molar-refractivity contribution in [1.29, 1.82) is 0 Å². The molecule has 2 aliphatic rings. The molecule has 0 aromatic heterocycles. The van der Waals surface area contributed by atoms with Crippen LogP contribution in [-0.4, -0.2) is 62.5 Å². The number of hydrogen-bond acceptors (Lipinski definition) is 4. The number of rotatable bonds is 4. The molecule has 0 spiro atoms. The summed E-state index contributed by atoms with van der Waals surface area (Å²) in [5.74, 6) is -0.0298. The molecule has 2 amide bonds. The Bertz CT molecular complexity index is 586. The molecule has 9 heteroatoms. The van der Waals surface area contributed by atoms with Crippen molar-refractivity contribution >= 4 is 53.9 Å². The van der Waals surface area contributed by atoms with Crippen molar-refractivity contribution in [3.8, 4) is 0 Å². The van der Waals surface area contributed by atoms with Crippen LogP contribution in [-0.2, 0) is 9.59 Å². The number of nitrogens with one attached hydrogen (secondary N) is 2. The Morgan fingerprint density at radius 3 is 2.35 bits per heavy atom. The minimum Gasteiger partial charge on any atom is -0.368 e. The predicted octanol–water partition coefficient (Wildman–Crippen LogP) is 1.56. The van der Waals surface area contributed by atoms with Crippen LogP contribution < -0.4 is 15.5 Å². The number of anilines is 1. The lowest BCUT2D eigenvalue weighted by Crippen LogP contribution is -2.51. The van der Waals surface area contributed by atoms with Crippen molar-refractivity contribution in [3.05, 3.63) is 29.3 Å². The average molecular weight is 424 g/mol. The fourth-order valence-corrected chi connectivity index (χ4v) is 3.29. The maximum atomic E-state index is 12.3. The number of carbonyl (C=O) groups excluding carboxylic acids is 2. The van der Waals surface area contributed by atoms with E-state index in [1.54, 1.807) is 0 Å². The summed E-state index contributed by atoms with van der Waals surface area (Å²) in [4.78, 5) is 28.3. The van der Waals surface area contributed by atoms with Gasteiger partial charge in [0.05, 0.1) is 12.5 Å². The Balaban J connectivity index is 0.00000169. The fourth-order valence-electron chi connectivity index (χ4n) is 3.16. The molecule has 2 heterocycles. The molecular formula is C17H25Cl3N4O2. The molecule has 0 bridgehead atoms. The Labute approximate surface area is 171 Å². The highest BCUT2D eigenvalue weighted by Gasteiger charge is 2.25. The molecule has 1 unspecified atom stereocenters. The molecule has 2 fully saturated rings. The zero-order valence-electron chi connectivity index (χ0n) is 14.4. The summed E-state index contributed by atoms with van der Waals surface area (Å²) >= 11 is 5.91. The molecule has 146 valence electrons. The third kappa shape index (κ3) is 5.91. The molecule has 2 saturated heterocycles. The van der Waals surface area contributed by atoms with Crippen LogP contribution in [0.2, 0.25) is 5.02 Å². The maximum Gasteiger partial charge on any atom is 0.242 e. The van der Waals surface area contributed by atoms with E-state index in [0.717, 1.165) is 36.8 Å². The van der Waals surface area contributed by atoms with Gasteiger partial charge in [-0.2, -0.15) is 0 Å². The summed E-state index contributed by atoms with van der Waals surface area (Å²) in [5.41, 5.74) is 1.12. The van der Waals surface area contributed by atoms with Crippen LogP contribution in [0.4, 0.5) is 5.69 Å². The van der Waals surface area contributed by atoms with Gasteiger partial charge < -0.3 is 20.4 Å². The standard InChI is InChI=1S/C17H23ClN4O2.2ClH/c18-14-1-3-15(4-2-14)21-7-9-22(10-8-21)16(23)12-20-17(24)13-5-6-19-11-13;;/h1-4,13,19H,5-12H2,(H,20,24);2*1H. The number of piperazine rings is 1. The fraction of sp³-hybridized carbons (Fsp3) is 0.529. The Hall–Kier alpha value is -1.21. The zero-order chi connectivity index (χ0) is 16.9. The van der Waals surface area contributed by atoms with Crippen LogP contribution in [0.5, 0.6) is 0 Å². The predicted molar refractivity (Wildman–Crippen MR) is 109 cm³/mol. The van der Waals surface area contributed by atoms with Gasteiger partial charge in [-0.1, -0.05) is 11.6 Å². The first kappa shape index (κ1) is 22.8. The van der Waals surface area contributed by atoms with Gasteiger partial charge in [-0.3, -0.25) is 9.59 Å². The minimum atomic E-state index is -0.0202. The first-order valence-electron chi connectivity index (χ1n) is 8.40. The van der Waals surface area contributed by atoms with E-state index in [-0.39, 0.29) is 49.1 Å². The van der Waals surface area contributed by atoms with E-state index in [9.17, 15) is 9.59 Å². The van der Waals surface area contributed by atoms with Gasteiger partial charge in [-0.05, 0) is 37.2 Å². The second-order valence-electron chi connectivity index (χ2n) is 6.25. The SMILES string of the molecule is Cl.Cl.O=C(NCC(=O)N1CCN(c2ccc(Cl)cc2)CC1)C1CCNC1. The van der Waals surface area contributed by atoms with Gasteiger partial charge in [0, 0.05) is 43.4 Å². The van der Waals surface area contributed by atoms with Gasteiger partial charge in [0.1, 0.15) is 0 Å². The number of halogens is 3. The summed E-state index contributed by atoms with van der Waals surface area (Å²) in [5, 5.41) is 6.65. The smallest absolute Gasteiger partial charge is 0.242 e. The lowest BCUT2D eigenvalue weighted by Gasteiger charge is -2.36. The molecule has 26 heavy (non-hydrogen) atoms. The molecule has 2 N–H and O–H groups in total. The first-order valence-corrected chi connectivity index (χ1v) is 8.78. The highest BCUT2D eigenvalue weighted by Crippen LogP contribution is 2.19. The molecule has 0 radical (unpaired) electrons. The van der Waals surface area contributed by atoms with E-state index in [1.165, 1.54) is 0 Å².